The molecule has 0 atom stereocenters. The Morgan fingerprint density at radius 1 is 1.12 bits per heavy atom. The highest BCUT2D eigenvalue weighted by Crippen LogP contribution is 2.27. The first kappa shape index (κ1) is 11.1. The molecule has 2 aromatic rings. The molecule has 3 nitrogen and oxygen atoms in total. The van der Waals surface area contributed by atoms with Gasteiger partial charge >= 0.3 is 0 Å². The number of benzene rings is 1. The van der Waals surface area contributed by atoms with E-state index >= 15 is 0 Å². The van der Waals surface area contributed by atoms with Crippen LogP contribution in [0, 0.1) is 0 Å². The fraction of sp³-hybridized carbons (Fsp3) is 0.333. The van der Waals surface area contributed by atoms with Crippen LogP contribution in [0.25, 0.3) is 10.6 Å². The monoisotopic (exact) mass is 233 g/mol. The molecular formula is C12H15N3S. The van der Waals surface area contributed by atoms with Gasteiger partial charge in [0.15, 0.2) is 0 Å². The molecule has 0 fully saturated rings. The lowest BCUT2D eigenvalue weighted by molar-refractivity contribution is 0.590. The Morgan fingerprint density at radius 3 is 2.19 bits per heavy atom. The molecule has 0 aliphatic carbocycles. The lowest BCUT2D eigenvalue weighted by Crippen LogP contribution is -2.10. The third-order valence-electron chi connectivity index (χ3n) is 2.44. The van der Waals surface area contributed by atoms with E-state index in [2.05, 4.69) is 54.4 Å². The SMILES string of the molecule is CC(C)(C)c1ccc(-c2nc(N)ns2)cc1. The van der Waals surface area contributed by atoms with E-state index in [1.54, 1.807) is 0 Å². The number of hydrogen-bond donors (Lipinski definition) is 1. The maximum absolute atomic E-state index is 5.50. The summed E-state index contributed by atoms with van der Waals surface area (Å²) in [4.78, 5) is 4.16. The van der Waals surface area contributed by atoms with Gasteiger partial charge < -0.3 is 5.73 Å². The molecule has 0 radical (unpaired) electrons. The Hall–Kier alpha value is -1.42. The molecule has 0 bridgehead atoms. The van der Waals surface area contributed by atoms with E-state index in [0.29, 0.717) is 5.95 Å². The summed E-state index contributed by atoms with van der Waals surface area (Å²) < 4.78 is 3.97. The zero-order chi connectivity index (χ0) is 11.8. The second kappa shape index (κ2) is 3.87. The van der Waals surface area contributed by atoms with Crippen molar-refractivity contribution in [3.8, 4) is 10.6 Å². The number of aromatic nitrogens is 2. The average molecular weight is 233 g/mol. The van der Waals surface area contributed by atoms with Gasteiger partial charge in [0.25, 0.3) is 0 Å². The number of rotatable bonds is 1. The van der Waals surface area contributed by atoms with Crippen LogP contribution in [-0.2, 0) is 5.41 Å². The van der Waals surface area contributed by atoms with Crippen LogP contribution >= 0.6 is 11.5 Å². The van der Waals surface area contributed by atoms with Crippen molar-refractivity contribution >= 4 is 17.5 Å². The van der Waals surface area contributed by atoms with Gasteiger partial charge in [-0.2, -0.15) is 9.36 Å². The molecule has 0 aliphatic heterocycles. The van der Waals surface area contributed by atoms with Gasteiger partial charge in [-0.25, -0.2) is 0 Å². The van der Waals surface area contributed by atoms with Crippen LogP contribution in [-0.4, -0.2) is 9.36 Å². The van der Waals surface area contributed by atoms with Crippen molar-refractivity contribution in [2.45, 2.75) is 26.2 Å². The van der Waals surface area contributed by atoms with Crippen LogP contribution in [0.3, 0.4) is 0 Å². The minimum atomic E-state index is 0.179. The molecule has 0 unspecified atom stereocenters. The zero-order valence-corrected chi connectivity index (χ0v) is 10.5. The molecule has 1 heterocycles. The summed E-state index contributed by atoms with van der Waals surface area (Å²) in [6.07, 6.45) is 0. The summed E-state index contributed by atoms with van der Waals surface area (Å²) in [6, 6.07) is 8.40. The first-order valence-corrected chi connectivity index (χ1v) is 5.94. The lowest BCUT2D eigenvalue weighted by Gasteiger charge is -2.18. The van der Waals surface area contributed by atoms with Crippen molar-refractivity contribution in [3.63, 3.8) is 0 Å². The third-order valence-corrected chi connectivity index (χ3v) is 3.22. The maximum atomic E-state index is 5.50. The number of anilines is 1. The Labute approximate surface area is 99.5 Å². The minimum absolute atomic E-state index is 0.179. The van der Waals surface area contributed by atoms with Gasteiger partial charge in [0, 0.05) is 5.56 Å². The van der Waals surface area contributed by atoms with Crippen LogP contribution in [0.1, 0.15) is 26.3 Å². The summed E-state index contributed by atoms with van der Waals surface area (Å²) in [6.45, 7) is 6.60. The normalized spacial score (nSPS) is 11.7. The molecule has 1 aromatic carbocycles. The largest absolute Gasteiger partial charge is 0.367 e. The van der Waals surface area contributed by atoms with E-state index in [4.69, 9.17) is 5.73 Å². The molecule has 0 saturated heterocycles. The van der Waals surface area contributed by atoms with E-state index in [0.717, 1.165) is 10.6 Å². The summed E-state index contributed by atoms with van der Waals surface area (Å²) in [7, 11) is 0. The molecular weight excluding hydrogens is 218 g/mol. The number of hydrogen-bond acceptors (Lipinski definition) is 4. The lowest BCUT2D eigenvalue weighted by atomic mass is 9.87. The van der Waals surface area contributed by atoms with Gasteiger partial charge in [-0.1, -0.05) is 45.0 Å². The predicted molar refractivity (Wildman–Crippen MR) is 68.5 cm³/mol. The number of nitrogens with two attached hydrogens (primary N) is 1. The standard InChI is InChI=1S/C12H15N3S/c1-12(2,3)9-6-4-8(5-7-9)10-14-11(13)15-16-10/h4-7H,1-3H3,(H2,13,15). The maximum Gasteiger partial charge on any atom is 0.232 e. The molecule has 4 heteroatoms. The highest BCUT2D eigenvalue weighted by atomic mass is 32.1. The van der Waals surface area contributed by atoms with Crippen molar-refractivity contribution in [3.05, 3.63) is 29.8 Å². The first-order valence-electron chi connectivity index (χ1n) is 5.17. The van der Waals surface area contributed by atoms with Crippen molar-refractivity contribution in [2.75, 3.05) is 5.73 Å². The van der Waals surface area contributed by atoms with Crippen molar-refractivity contribution in [2.24, 2.45) is 0 Å². The molecule has 0 aliphatic rings. The van der Waals surface area contributed by atoms with Gasteiger partial charge in [-0.3, -0.25) is 0 Å². The van der Waals surface area contributed by atoms with Gasteiger partial charge in [-0.05, 0) is 22.5 Å². The number of nitrogen functional groups attached to an aromatic ring is 1. The predicted octanol–water partition coefficient (Wildman–Crippen LogP) is 3.08. The van der Waals surface area contributed by atoms with Crippen molar-refractivity contribution < 1.29 is 0 Å². The Balaban J connectivity index is 2.33. The second-order valence-corrected chi connectivity index (χ2v) is 5.54. The summed E-state index contributed by atoms with van der Waals surface area (Å²) in [5.74, 6) is 0.347. The molecule has 0 saturated carbocycles. The van der Waals surface area contributed by atoms with Crippen LogP contribution < -0.4 is 5.73 Å². The summed E-state index contributed by atoms with van der Waals surface area (Å²) in [5.41, 5.74) is 8.07. The van der Waals surface area contributed by atoms with Crippen LogP contribution in [0.15, 0.2) is 24.3 Å². The summed E-state index contributed by atoms with van der Waals surface area (Å²) in [5, 5.41) is 0.873. The summed E-state index contributed by atoms with van der Waals surface area (Å²) >= 11 is 1.33. The molecule has 0 amide bonds. The third kappa shape index (κ3) is 2.22. The van der Waals surface area contributed by atoms with Gasteiger partial charge in [-0.15, -0.1) is 0 Å². The molecule has 2 N–H and O–H groups in total. The zero-order valence-electron chi connectivity index (χ0n) is 9.69. The van der Waals surface area contributed by atoms with E-state index < -0.39 is 0 Å². The molecule has 84 valence electrons. The van der Waals surface area contributed by atoms with E-state index in [1.165, 1.54) is 17.1 Å². The molecule has 2 rings (SSSR count). The van der Waals surface area contributed by atoms with Crippen LogP contribution in [0.5, 0.6) is 0 Å². The van der Waals surface area contributed by atoms with E-state index in [-0.39, 0.29) is 5.41 Å². The van der Waals surface area contributed by atoms with Crippen LogP contribution in [0.2, 0.25) is 0 Å². The quantitative estimate of drug-likeness (QED) is 0.823. The Kier molecular flexibility index (Phi) is 2.68. The smallest absolute Gasteiger partial charge is 0.232 e. The Bertz CT molecular complexity index is 480. The van der Waals surface area contributed by atoms with Crippen LogP contribution in [0.4, 0.5) is 5.95 Å². The topological polar surface area (TPSA) is 51.8 Å². The van der Waals surface area contributed by atoms with Gasteiger partial charge in [0.1, 0.15) is 5.01 Å². The number of nitrogens with zero attached hydrogens (tertiary/aromatic N) is 2. The first-order chi connectivity index (χ1) is 7.47. The fourth-order valence-corrected chi connectivity index (χ4v) is 2.06. The highest BCUT2D eigenvalue weighted by Gasteiger charge is 2.13. The minimum Gasteiger partial charge on any atom is -0.367 e. The van der Waals surface area contributed by atoms with Crippen molar-refractivity contribution in [1.29, 1.82) is 0 Å². The van der Waals surface area contributed by atoms with Gasteiger partial charge in [0.2, 0.25) is 5.95 Å². The second-order valence-electron chi connectivity index (χ2n) is 4.79. The van der Waals surface area contributed by atoms with E-state index in [9.17, 15) is 0 Å². The Morgan fingerprint density at radius 2 is 1.75 bits per heavy atom. The fourth-order valence-electron chi connectivity index (χ4n) is 1.46. The highest BCUT2D eigenvalue weighted by molar-refractivity contribution is 7.09. The average Bonchev–Trinajstić information content (AvgIpc) is 2.64. The van der Waals surface area contributed by atoms with E-state index in [1.807, 2.05) is 0 Å². The van der Waals surface area contributed by atoms with Gasteiger partial charge in [0.05, 0.1) is 0 Å². The van der Waals surface area contributed by atoms with Crippen molar-refractivity contribution in [1.82, 2.24) is 9.36 Å². The molecule has 1 aromatic heterocycles. The molecule has 0 spiro atoms. The molecule has 16 heavy (non-hydrogen) atoms.